The van der Waals surface area contributed by atoms with Crippen LogP contribution < -0.4 is 0 Å². The molecule has 5 heteroatoms. The Hall–Kier alpha value is -0.880. The minimum atomic E-state index is 0.0475. The Morgan fingerprint density at radius 2 is 2.20 bits per heavy atom. The van der Waals surface area contributed by atoms with Gasteiger partial charge < -0.3 is 0 Å². The van der Waals surface area contributed by atoms with Gasteiger partial charge in [-0.15, -0.1) is 0 Å². The summed E-state index contributed by atoms with van der Waals surface area (Å²) in [7, 11) is 0. The normalized spacial score (nSPS) is 12.4. The molecule has 0 saturated carbocycles. The first-order chi connectivity index (χ1) is 9.51. The van der Waals surface area contributed by atoms with E-state index in [9.17, 15) is 4.79 Å². The zero-order valence-electron chi connectivity index (χ0n) is 11.4. The van der Waals surface area contributed by atoms with E-state index in [-0.39, 0.29) is 5.78 Å². The topological polar surface area (TPSA) is 34.9 Å². The summed E-state index contributed by atoms with van der Waals surface area (Å²) in [6, 6.07) is 7.62. The first-order valence-corrected chi connectivity index (χ1v) is 7.99. The second kappa shape index (κ2) is 6.72. The number of ketones is 1. The third-order valence-corrected chi connectivity index (χ3v) is 4.45. The third-order valence-electron chi connectivity index (χ3n) is 3.28. The van der Waals surface area contributed by atoms with Gasteiger partial charge in [-0.05, 0) is 60.2 Å². The van der Waals surface area contributed by atoms with Crippen LogP contribution in [0.2, 0.25) is 5.02 Å². The van der Waals surface area contributed by atoms with Crippen molar-refractivity contribution >= 4 is 40.0 Å². The summed E-state index contributed by atoms with van der Waals surface area (Å²) in [5.41, 5.74) is 1.46. The summed E-state index contributed by atoms with van der Waals surface area (Å²) < 4.78 is 2.82. The van der Waals surface area contributed by atoms with E-state index in [1.54, 1.807) is 12.1 Å². The van der Waals surface area contributed by atoms with E-state index < -0.39 is 0 Å². The van der Waals surface area contributed by atoms with Crippen molar-refractivity contribution in [3.8, 4) is 0 Å². The zero-order valence-corrected chi connectivity index (χ0v) is 14.4. The summed E-state index contributed by atoms with van der Waals surface area (Å²) in [5, 5.41) is 5.04. The molecule has 0 N–H and O–H groups in total. The van der Waals surface area contributed by atoms with Gasteiger partial charge in [-0.3, -0.25) is 9.48 Å². The number of hydrogen-bond acceptors (Lipinski definition) is 2. The molecule has 0 aliphatic carbocycles. The Bertz CT molecular complexity index is 624. The van der Waals surface area contributed by atoms with Gasteiger partial charge in [-0.1, -0.05) is 18.5 Å². The summed E-state index contributed by atoms with van der Waals surface area (Å²) in [6.07, 6.45) is 3.25. The summed E-state index contributed by atoms with van der Waals surface area (Å²) in [4.78, 5) is 12.3. The van der Waals surface area contributed by atoms with Crippen LogP contribution in [0.5, 0.6) is 0 Å². The summed E-state index contributed by atoms with van der Waals surface area (Å²) in [5.74, 6) is 0.0475. The number of nitrogens with zero attached hydrogens (tertiary/aromatic N) is 2. The van der Waals surface area contributed by atoms with Crippen molar-refractivity contribution in [2.24, 2.45) is 0 Å². The maximum absolute atomic E-state index is 12.3. The van der Waals surface area contributed by atoms with Gasteiger partial charge >= 0.3 is 0 Å². The van der Waals surface area contributed by atoms with Crippen LogP contribution in [-0.2, 0) is 6.42 Å². The van der Waals surface area contributed by atoms with Crippen LogP contribution in [-0.4, -0.2) is 15.6 Å². The Kier molecular flexibility index (Phi) is 5.21. The lowest BCUT2D eigenvalue weighted by Crippen LogP contribution is -2.08. The van der Waals surface area contributed by atoms with Crippen molar-refractivity contribution < 1.29 is 4.79 Å². The Balaban J connectivity index is 2.15. The maximum Gasteiger partial charge on any atom is 0.169 e. The molecule has 1 unspecified atom stereocenters. The maximum atomic E-state index is 12.3. The van der Waals surface area contributed by atoms with Crippen LogP contribution in [0.1, 0.15) is 42.4 Å². The van der Waals surface area contributed by atoms with Crippen LogP contribution in [0.3, 0.4) is 0 Å². The van der Waals surface area contributed by atoms with Gasteiger partial charge in [0.25, 0.3) is 0 Å². The highest BCUT2D eigenvalue weighted by Crippen LogP contribution is 2.20. The molecule has 2 rings (SSSR count). The fourth-order valence-electron chi connectivity index (χ4n) is 1.88. The van der Waals surface area contributed by atoms with Gasteiger partial charge in [0.2, 0.25) is 0 Å². The van der Waals surface area contributed by atoms with Crippen LogP contribution in [0.25, 0.3) is 0 Å². The smallest absolute Gasteiger partial charge is 0.169 e. The molecule has 0 bridgehead atoms. The van der Waals surface area contributed by atoms with Crippen molar-refractivity contribution in [2.45, 2.75) is 32.7 Å². The second-order valence-corrected chi connectivity index (χ2v) is 6.37. The molecule has 2 aromatic rings. The lowest BCUT2D eigenvalue weighted by molar-refractivity contribution is 0.0991. The largest absolute Gasteiger partial charge is 0.294 e. The van der Waals surface area contributed by atoms with Gasteiger partial charge in [0, 0.05) is 26.4 Å². The van der Waals surface area contributed by atoms with Gasteiger partial charge in [0.1, 0.15) is 0 Å². The minimum absolute atomic E-state index is 0.0475. The number of hydrogen-bond donors (Lipinski definition) is 0. The quantitative estimate of drug-likeness (QED) is 0.544. The molecular formula is C15H16ClIN2O. The molecule has 0 saturated heterocycles. The van der Waals surface area contributed by atoms with Gasteiger partial charge in [0.05, 0.1) is 12.1 Å². The predicted octanol–water partition coefficient (Wildman–Crippen LogP) is 4.54. The first-order valence-electron chi connectivity index (χ1n) is 6.53. The molecule has 1 aromatic carbocycles. The fraction of sp³-hybridized carbons (Fsp3) is 0.333. The highest BCUT2D eigenvalue weighted by Gasteiger charge is 2.14. The molecule has 0 radical (unpaired) electrons. The molecule has 0 aliphatic rings. The minimum Gasteiger partial charge on any atom is -0.294 e. The molecule has 1 heterocycles. The third kappa shape index (κ3) is 3.61. The fourth-order valence-corrected chi connectivity index (χ4v) is 2.68. The van der Waals surface area contributed by atoms with Gasteiger partial charge in [-0.2, -0.15) is 5.10 Å². The van der Waals surface area contributed by atoms with Crippen molar-refractivity contribution in [1.29, 1.82) is 0 Å². The molecule has 1 atom stereocenters. The van der Waals surface area contributed by atoms with Crippen molar-refractivity contribution in [2.75, 3.05) is 0 Å². The lowest BCUT2D eigenvalue weighted by atomic mass is 10.1. The molecule has 0 amide bonds. The van der Waals surface area contributed by atoms with Crippen molar-refractivity contribution in [3.63, 3.8) is 0 Å². The number of halogens is 2. The van der Waals surface area contributed by atoms with Gasteiger partial charge in [-0.25, -0.2) is 0 Å². The number of carbonyl (C=O) groups excluding carboxylic acids is 1. The molecular weight excluding hydrogens is 387 g/mol. The molecule has 20 heavy (non-hydrogen) atoms. The van der Waals surface area contributed by atoms with Crippen LogP contribution >= 0.6 is 34.2 Å². The standard InChI is InChI=1S/C15H16ClIN2O/c1-3-10(2)19-7-6-12(18-19)9-15(20)13-8-11(16)4-5-14(13)17/h4-8,10H,3,9H2,1-2H3. The summed E-state index contributed by atoms with van der Waals surface area (Å²) in [6.45, 7) is 4.23. The van der Waals surface area contributed by atoms with Crippen LogP contribution in [0, 0.1) is 3.57 Å². The Labute approximate surface area is 137 Å². The number of benzene rings is 1. The average Bonchev–Trinajstić information content (AvgIpc) is 2.89. The second-order valence-electron chi connectivity index (χ2n) is 4.77. The van der Waals surface area contributed by atoms with Crippen molar-refractivity contribution in [1.82, 2.24) is 9.78 Å². The van der Waals surface area contributed by atoms with E-state index in [0.29, 0.717) is 23.0 Å². The number of Topliss-reactive ketones (excluding diaryl/α,β-unsaturated/α-hetero) is 1. The Morgan fingerprint density at radius 3 is 2.90 bits per heavy atom. The Morgan fingerprint density at radius 1 is 1.45 bits per heavy atom. The number of aromatic nitrogens is 2. The highest BCUT2D eigenvalue weighted by atomic mass is 127. The van der Waals surface area contributed by atoms with Crippen LogP contribution in [0.4, 0.5) is 0 Å². The molecule has 0 aliphatic heterocycles. The molecule has 3 nitrogen and oxygen atoms in total. The van der Waals surface area contributed by atoms with E-state index >= 15 is 0 Å². The average molecular weight is 403 g/mol. The SMILES string of the molecule is CCC(C)n1ccc(CC(=O)c2cc(Cl)ccc2I)n1. The van der Waals surface area contributed by atoms with E-state index in [0.717, 1.165) is 15.7 Å². The monoisotopic (exact) mass is 402 g/mol. The number of rotatable bonds is 5. The summed E-state index contributed by atoms with van der Waals surface area (Å²) >= 11 is 8.10. The van der Waals surface area contributed by atoms with E-state index in [2.05, 4.69) is 41.5 Å². The number of carbonyl (C=O) groups is 1. The van der Waals surface area contributed by atoms with E-state index in [4.69, 9.17) is 11.6 Å². The van der Waals surface area contributed by atoms with Crippen LogP contribution in [0.15, 0.2) is 30.5 Å². The predicted molar refractivity (Wildman–Crippen MR) is 89.4 cm³/mol. The van der Waals surface area contributed by atoms with E-state index in [1.807, 2.05) is 23.0 Å². The molecule has 0 spiro atoms. The van der Waals surface area contributed by atoms with Crippen molar-refractivity contribution in [3.05, 3.63) is 50.3 Å². The highest BCUT2D eigenvalue weighted by molar-refractivity contribution is 14.1. The molecule has 1 aromatic heterocycles. The zero-order chi connectivity index (χ0) is 14.7. The van der Waals surface area contributed by atoms with E-state index in [1.165, 1.54) is 0 Å². The molecule has 0 fully saturated rings. The lowest BCUT2D eigenvalue weighted by Gasteiger charge is -2.08. The first kappa shape index (κ1) is 15.5. The molecule has 106 valence electrons. The van der Waals surface area contributed by atoms with Gasteiger partial charge in [0.15, 0.2) is 5.78 Å².